The number of hydrogen-bond donors (Lipinski definition) is 6. The van der Waals surface area contributed by atoms with E-state index >= 15 is 0 Å². The number of esters is 1. The molecule has 4 aliphatic rings. The van der Waals surface area contributed by atoms with E-state index in [1.165, 1.54) is 20.1 Å². The van der Waals surface area contributed by atoms with Gasteiger partial charge in [0.25, 0.3) is 0 Å². The fourth-order valence-electron chi connectivity index (χ4n) is 9.28. The summed E-state index contributed by atoms with van der Waals surface area (Å²) >= 11 is 0. The number of carbonyl (C=O) groups is 3. The van der Waals surface area contributed by atoms with Gasteiger partial charge in [-0.1, -0.05) is 38.5 Å². The largest absolute Gasteiger partial charge is 0.462 e. The summed E-state index contributed by atoms with van der Waals surface area (Å²) in [5.41, 5.74) is -0.845. The van der Waals surface area contributed by atoms with Crippen LogP contribution in [0.15, 0.2) is 23.8 Å². The average Bonchev–Trinajstić information content (AvgIpc) is 3.21. The zero-order chi connectivity index (χ0) is 47.1. The van der Waals surface area contributed by atoms with Gasteiger partial charge in [0, 0.05) is 37.7 Å². The Kier molecular flexibility index (Phi) is 19.9. The highest BCUT2D eigenvalue weighted by Crippen LogP contribution is 2.37. The summed E-state index contributed by atoms with van der Waals surface area (Å²) in [4.78, 5) is 41.4. The summed E-state index contributed by atoms with van der Waals surface area (Å²) in [6.45, 7) is 13.4. The Morgan fingerprint density at radius 2 is 1.54 bits per heavy atom. The van der Waals surface area contributed by atoms with Crippen LogP contribution in [0.5, 0.6) is 0 Å². The molecular formula is C45H75NO17. The van der Waals surface area contributed by atoms with Crippen LogP contribution in [0, 0.1) is 23.7 Å². The van der Waals surface area contributed by atoms with Crippen molar-refractivity contribution in [1.82, 2.24) is 4.90 Å². The predicted molar refractivity (Wildman–Crippen MR) is 226 cm³/mol. The van der Waals surface area contributed by atoms with Gasteiger partial charge in [-0.15, -0.1) is 0 Å². The lowest BCUT2D eigenvalue weighted by atomic mass is 9.79. The minimum Gasteiger partial charge on any atom is -0.462 e. The van der Waals surface area contributed by atoms with E-state index in [1.54, 1.807) is 72.7 Å². The summed E-state index contributed by atoms with van der Waals surface area (Å²) in [5.74, 6) is -3.73. The summed E-state index contributed by atoms with van der Waals surface area (Å²) in [6, 6.07) is -0.755. The molecule has 0 spiro atoms. The van der Waals surface area contributed by atoms with E-state index < -0.39 is 140 Å². The molecule has 0 aromatic rings. The van der Waals surface area contributed by atoms with E-state index in [4.69, 9.17) is 37.9 Å². The molecule has 3 fully saturated rings. The van der Waals surface area contributed by atoms with Crippen LogP contribution >= 0.6 is 0 Å². The van der Waals surface area contributed by atoms with Crippen molar-refractivity contribution in [2.45, 2.75) is 191 Å². The van der Waals surface area contributed by atoms with Gasteiger partial charge in [-0.25, -0.2) is 0 Å². The molecule has 18 heteroatoms. The maximum atomic E-state index is 13.7. The van der Waals surface area contributed by atoms with Crippen LogP contribution < -0.4 is 0 Å². The Labute approximate surface area is 371 Å². The second-order valence-electron chi connectivity index (χ2n) is 18.5. The van der Waals surface area contributed by atoms with Crippen LogP contribution in [0.25, 0.3) is 0 Å². The van der Waals surface area contributed by atoms with E-state index in [9.17, 15) is 45.0 Å². The second kappa shape index (κ2) is 23.5. The molecular weight excluding hydrogens is 826 g/mol. The van der Waals surface area contributed by atoms with Crippen LogP contribution in [0.4, 0.5) is 0 Å². The highest BCUT2D eigenvalue weighted by Gasteiger charge is 2.51. The number of nitrogens with zero attached hydrogens (tertiary/aromatic N) is 1. The van der Waals surface area contributed by atoms with Crippen LogP contribution in [0.3, 0.4) is 0 Å². The molecule has 0 bridgehead atoms. The van der Waals surface area contributed by atoms with E-state index in [0.29, 0.717) is 18.3 Å². The molecule has 362 valence electrons. The van der Waals surface area contributed by atoms with Gasteiger partial charge in [-0.2, -0.15) is 0 Å². The van der Waals surface area contributed by atoms with Crippen molar-refractivity contribution in [3.05, 3.63) is 23.8 Å². The number of hydrogen-bond acceptors (Lipinski definition) is 18. The standard InChI is InChI=1S/C45H75NO17/c1-12-32-29(21-57-43-38(53)41(56-11)36(51)25(5)59-43)17-22(2)13-14-30(48)23(3)18-28(15-16-47)39(24(4)31(49)19-33(50)61-32)63-44-37(52)35(46(9)10)40(26(6)60-44)62-34-20-45(8,55)42(54)27(7)58-34/h13-14,16-17,23-29,31-32,34-44,49,51-55H,12,15,18-21H2,1-11H3. The molecule has 4 rings (SSSR count). The fraction of sp³-hybridized carbons (Fsp3) is 0.844. The lowest BCUT2D eigenvalue weighted by Gasteiger charge is -2.50. The molecule has 0 aromatic heterocycles. The summed E-state index contributed by atoms with van der Waals surface area (Å²) in [5, 5.41) is 66.4. The SMILES string of the molecule is CCC1OC(=O)CC(O)C(C)C(OC2OC(C)C(OC3CC(C)(O)C(O)C(C)O3)C(N(C)C)C2O)C(CC=O)CC(C)C(=O)C=CC(C)=CC1COC1OC(C)C(O)C(OC)C1O. The Hall–Kier alpha value is -2.27. The monoisotopic (exact) mass is 902 g/mol. The highest BCUT2D eigenvalue weighted by molar-refractivity contribution is 5.91. The molecule has 4 aliphatic heterocycles. The molecule has 0 amide bonds. The van der Waals surface area contributed by atoms with Crippen molar-refractivity contribution in [3.8, 4) is 0 Å². The van der Waals surface area contributed by atoms with E-state index in [0.717, 1.165) is 0 Å². The van der Waals surface area contributed by atoms with E-state index in [2.05, 4.69) is 0 Å². The van der Waals surface area contributed by atoms with Gasteiger partial charge in [0.2, 0.25) is 0 Å². The topological polar surface area (TPSA) is 250 Å². The van der Waals surface area contributed by atoms with Crippen LogP contribution in [-0.4, -0.2) is 185 Å². The van der Waals surface area contributed by atoms with Crippen molar-refractivity contribution >= 4 is 18.0 Å². The number of cyclic esters (lactones) is 1. The molecule has 21 unspecified atom stereocenters. The van der Waals surface area contributed by atoms with Crippen molar-refractivity contribution < 1.29 is 82.9 Å². The summed E-state index contributed by atoms with van der Waals surface area (Å²) < 4.78 is 48.3. The Bertz CT molecular complexity index is 1540. The minimum absolute atomic E-state index is 0.0412. The third kappa shape index (κ3) is 13.4. The van der Waals surface area contributed by atoms with Gasteiger partial charge >= 0.3 is 5.97 Å². The lowest BCUT2D eigenvalue weighted by molar-refractivity contribution is -0.341. The Balaban J connectivity index is 1.61. The van der Waals surface area contributed by atoms with Crippen molar-refractivity contribution in [2.24, 2.45) is 23.7 Å². The number of methoxy groups -OCH3 is 1. The van der Waals surface area contributed by atoms with E-state index in [1.807, 2.05) is 6.92 Å². The number of aliphatic hydroxyl groups is 6. The minimum atomic E-state index is -1.49. The van der Waals surface area contributed by atoms with Gasteiger partial charge in [-0.3, -0.25) is 9.59 Å². The zero-order valence-electron chi connectivity index (χ0n) is 38.7. The summed E-state index contributed by atoms with van der Waals surface area (Å²) in [6.07, 6.45) is -10.0. The van der Waals surface area contributed by atoms with Crippen LogP contribution in [-0.2, 0) is 52.3 Å². The molecule has 18 nitrogen and oxygen atoms in total. The molecule has 0 aromatic carbocycles. The number of aldehydes is 1. The van der Waals surface area contributed by atoms with Gasteiger partial charge in [0.05, 0.1) is 55.2 Å². The number of likely N-dealkylation sites (N-methyl/N-ethyl adjacent to an activating group) is 1. The second-order valence-corrected chi connectivity index (χ2v) is 18.5. The molecule has 21 atom stereocenters. The van der Waals surface area contributed by atoms with Crippen molar-refractivity contribution in [1.29, 1.82) is 0 Å². The Morgan fingerprint density at radius 1 is 0.873 bits per heavy atom. The van der Waals surface area contributed by atoms with Crippen LogP contribution in [0.2, 0.25) is 0 Å². The van der Waals surface area contributed by atoms with Gasteiger partial charge in [0.15, 0.2) is 24.7 Å². The molecule has 63 heavy (non-hydrogen) atoms. The third-order valence-corrected chi connectivity index (χ3v) is 13.2. The van der Waals surface area contributed by atoms with Crippen LogP contribution in [0.1, 0.15) is 87.5 Å². The zero-order valence-corrected chi connectivity index (χ0v) is 38.7. The normalized spacial score (nSPS) is 45.1. The Morgan fingerprint density at radius 3 is 2.14 bits per heavy atom. The van der Waals surface area contributed by atoms with Gasteiger partial charge in [-0.05, 0) is 73.5 Å². The number of aliphatic hydroxyl groups excluding tert-OH is 5. The van der Waals surface area contributed by atoms with E-state index in [-0.39, 0.29) is 31.7 Å². The third-order valence-electron chi connectivity index (χ3n) is 13.2. The maximum Gasteiger partial charge on any atom is 0.308 e. The molecule has 6 N–H and O–H groups in total. The highest BCUT2D eigenvalue weighted by atomic mass is 16.7. The summed E-state index contributed by atoms with van der Waals surface area (Å²) in [7, 11) is 4.86. The number of allylic oxidation sites excluding steroid dienone is 3. The number of ether oxygens (including phenoxy) is 8. The molecule has 0 saturated carbocycles. The fourth-order valence-corrected chi connectivity index (χ4v) is 9.28. The predicted octanol–water partition coefficient (Wildman–Crippen LogP) is 1.18. The number of rotatable bonds is 12. The molecule has 0 aliphatic carbocycles. The van der Waals surface area contributed by atoms with Gasteiger partial charge < -0.3 is 78.2 Å². The quantitative estimate of drug-likeness (QED) is 0.119. The lowest BCUT2D eigenvalue weighted by Crippen LogP contribution is -2.65. The molecule has 0 radical (unpaired) electrons. The molecule has 3 saturated heterocycles. The average molecular weight is 902 g/mol. The smallest absolute Gasteiger partial charge is 0.308 e. The first kappa shape index (κ1) is 53.3. The number of carbonyl (C=O) groups excluding carboxylic acids is 3. The van der Waals surface area contributed by atoms with Crippen molar-refractivity contribution in [3.63, 3.8) is 0 Å². The van der Waals surface area contributed by atoms with Crippen molar-refractivity contribution in [2.75, 3.05) is 27.8 Å². The van der Waals surface area contributed by atoms with Gasteiger partial charge in [0.1, 0.15) is 49.0 Å². The number of ketones is 1. The first-order valence-electron chi connectivity index (χ1n) is 22.3. The first-order chi connectivity index (χ1) is 29.5. The maximum absolute atomic E-state index is 13.7. The molecule has 4 heterocycles. The first-order valence-corrected chi connectivity index (χ1v) is 22.3.